The number of carbonyl (C=O) groups excluding carboxylic acids is 1. The van der Waals surface area contributed by atoms with Gasteiger partial charge in [0.2, 0.25) is 0 Å². The number of nitrogens with zero attached hydrogens (tertiary/aromatic N) is 2. The summed E-state index contributed by atoms with van der Waals surface area (Å²) in [6, 6.07) is 12.7. The maximum atomic E-state index is 12.7. The first-order valence-corrected chi connectivity index (χ1v) is 11.9. The Labute approximate surface area is 175 Å². The highest BCUT2D eigenvalue weighted by Gasteiger charge is 2.11. The van der Waals surface area contributed by atoms with Gasteiger partial charge in [0.15, 0.2) is 4.80 Å². The van der Waals surface area contributed by atoms with Crippen molar-refractivity contribution in [3.63, 3.8) is 0 Å². The molecule has 28 heavy (non-hydrogen) atoms. The second kappa shape index (κ2) is 9.10. The molecule has 0 atom stereocenters. The Morgan fingerprint density at radius 3 is 2.54 bits per heavy atom. The molecule has 3 rings (SSSR count). The third-order valence-corrected chi connectivity index (χ3v) is 6.68. The molecule has 0 radical (unpaired) electrons. The highest BCUT2D eigenvalue weighted by atomic mass is 32.2. The van der Waals surface area contributed by atoms with Crippen molar-refractivity contribution < 1.29 is 4.79 Å². The normalized spacial score (nSPS) is 12.3. The lowest BCUT2D eigenvalue weighted by atomic mass is 10.0. The monoisotopic (exact) mass is 412 g/mol. The Balaban J connectivity index is 1.95. The lowest BCUT2D eigenvalue weighted by Gasteiger charge is -2.06. The van der Waals surface area contributed by atoms with Crippen LogP contribution in [0, 0.1) is 13.8 Å². The van der Waals surface area contributed by atoms with E-state index in [1.54, 1.807) is 11.3 Å². The van der Waals surface area contributed by atoms with Gasteiger partial charge in [0.05, 0.1) is 16.6 Å². The van der Waals surface area contributed by atoms with Crippen LogP contribution in [0.1, 0.15) is 42.0 Å². The Bertz CT molecular complexity index is 1040. The summed E-state index contributed by atoms with van der Waals surface area (Å²) in [7, 11) is 0. The number of aryl methyl sites for hydroxylation is 3. The number of carbonyl (C=O) groups is 1. The fraction of sp³-hybridized carbons (Fsp3) is 0.391. The predicted molar refractivity (Wildman–Crippen MR) is 122 cm³/mol. The lowest BCUT2D eigenvalue weighted by Crippen LogP contribution is -2.18. The van der Waals surface area contributed by atoms with E-state index in [4.69, 9.17) is 0 Å². The molecule has 0 saturated carbocycles. The van der Waals surface area contributed by atoms with E-state index in [0.717, 1.165) is 22.7 Å². The van der Waals surface area contributed by atoms with Gasteiger partial charge in [-0.1, -0.05) is 55.5 Å². The molecule has 0 unspecified atom stereocenters. The van der Waals surface area contributed by atoms with Gasteiger partial charge in [0.1, 0.15) is 0 Å². The molecule has 0 aliphatic carbocycles. The van der Waals surface area contributed by atoms with E-state index in [0.29, 0.717) is 12.3 Å². The van der Waals surface area contributed by atoms with Gasteiger partial charge in [-0.05, 0) is 54.3 Å². The van der Waals surface area contributed by atoms with E-state index in [2.05, 4.69) is 67.8 Å². The molecule has 0 saturated heterocycles. The third kappa shape index (κ3) is 4.76. The Hall–Kier alpha value is -1.85. The summed E-state index contributed by atoms with van der Waals surface area (Å²) < 4.78 is 3.43. The third-order valence-electron chi connectivity index (χ3n) is 4.86. The molecule has 1 aromatic heterocycles. The molecule has 5 heteroatoms. The number of fused-ring (bicyclic) bond motifs is 1. The molecule has 148 valence electrons. The molecular formula is C23H28N2OS2. The van der Waals surface area contributed by atoms with Crippen molar-refractivity contribution in [2.45, 2.75) is 46.6 Å². The standard InChI is InChI=1S/C23H28N2OS2/c1-15(2)19-8-6-18(7-9-19)14-21(26)24-23-25(10-11-27-5)20-13-16(3)12-17(4)22(20)28-23/h6-9,12-13,15H,10-11,14H2,1-5H3. The number of hydrogen-bond acceptors (Lipinski definition) is 3. The van der Waals surface area contributed by atoms with E-state index in [1.807, 2.05) is 23.9 Å². The molecule has 2 aromatic carbocycles. The SMILES string of the molecule is CSCCn1c(=NC(=O)Cc2ccc(C(C)C)cc2)sc2c(C)cc(C)cc21. The fourth-order valence-corrected chi connectivity index (χ4v) is 4.83. The van der Waals surface area contributed by atoms with Crippen molar-refractivity contribution in [2.75, 3.05) is 12.0 Å². The first kappa shape index (κ1) is 20.9. The van der Waals surface area contributed by atoms with Crippen molar-refractivity contribution in [1.29, 1.82) is 0 Å². The van der Waals surface area contributed by atoms with Crippen molar-refractivity contribution in [3.8, 4) is 0 Å². The Morgan fingerprint density at radius 2 is 1.89 bits per heavy atom. The largest absolute Gasteiger partial charge is 0.315 e. The number of hydrogen-bond donors (Lipinski definition) is 0. The van der Waals surface area contributed by atoms with Gasteiger partial charge in [-0.2, -0.15) is 16.8 Å². The Kier molecular flexibility index (Phi) is 6.78. The average molecular weight is 413 g/mol. The minimum atomic E-state index is -0.0869. The van der Waals surface area contributed by atoms with E-state index in [1.165, 1.54) is 26.9 Å². The van der Waals surface area contributed by atoms with Gasteiger partial charge in [-0.3, -0.25) is 4.79 Å². The zero-order valence-electron chi connectivity index (χ0n) is 17.3. The molecule has 0 spiro atoms. The summed E-state index contributed by atoms with van der Waals surface area (Å²) >= 11 is 3.43. The number of amides is 1. The van der Waals surface area contributed by atoms with Crippen molar-refractivity contribution in [2.24, 2.45) is 4.99 Å². The zero-order valence-corrected chi connectivity index (χ0v) is 18.9. The summed E-state index contributed by atoms with van der Waals surface area (Å²) in [5.41, 5.74) is 5.98. The van der Waals surface area contributed by atoms with E-state index < -0.39 is 0 Å². The van der Waals surface area contributed by atoms with Crippen LogP contribution in [0.25, 0.3) is 10.2 Å². The highest BCUT2D eigenvalue weighted by Crippen LogP contribution is 2.24. The van der Waals surface area contributed by atoms with E-state index in [-0.39, 0.29) is 5.91 Å². The van der Waals surface area contributed by atoms with Gasteiger partial charge < -0.3 is 4.57 Å². The highest BCUT2D eigenvalue weighted by molar-refractivity contribution is 7.98. The summed E-state index contributed by atoms with van der Waals surface area (Å²) in [6.45, 7) is 9.46. The summed E-state index contributed by atoms with van der Waals surface area (Å²) in [5.74, 6) is 1.41. The minimum absolute atomic E-state index is 0.0869. The van der Waals surface area contributed by atoms with Crippen LogP contribution in [0.2, 0.25) is 0 Å². The van der Waals surface area contributed by atoms with Crippen LogP contribution < -0.4 is 4.80 Å². The number of rotatable bonds is 6. The van der Waals surface area contributed by atoms with Crippen LogP contribution in [0.4, 0.5) is 0 Å². The molecule has 0 aliphatic rings. The average Bonchev–Trinajstić information content (AvgIpc) is 2.97. The molecule has 3 aromatic rings. The van der Waals surface area contributed by atoms with Gasteiger partial charge in [-0.15, -0.1) is 0 Å². The van der Waals surface area contributed by atoms with Crippen molar-refractivity contribution in [3.05, 3.63) is 63.5 Å². The summed E-state index contributed by atoms with van der Waals surface area (Å²) in [5, 5.41) is 0. The van der Waals surface area contributed by atoms with Crippen LogP contribution in [-0.2, 0) is 17.8 Å². The molecule has 1 heterocycles. The smallest absolute Gasteiger partial charge is 0.252 e. The van der Waals surface area contributed by atoms with Crippen LogP contribution in [0.5, 0.6) is 0 Å². The molecule has 1 amide bonds. The first-order valence-electron chi connectivity index (χ1n) is 9.65. The maximum Gasteiger partial charge on any atom is 0.252 e. The van der Waals surface area contributed by atoms with Crippen LogP contribution in [0.15, 0.2) is 41.4 Å². The topological polar surface area (TPSA) is 34.4 Å². The molecule has 0 fully saturated rings. The summed E-state index contributed by atoms with van der Waals surface area (Å²) in [4.78, 5) is 18.0. The second-order valence-corrected chi connectivity index (χ2v) is 9.50. The van der Waals surface area contributed by atoms with Gasteiger partial charge in [0.25, 0.3) is 5.91 Å². The van der Waals surface area contributed by atoms with E-state index >= 15 is 0 Å². The fourth-order valence-electron chi connectivity index (χ4n) is 3.34. The van der Waals surface area contributed by atoms with E-state index in [9.17, 15) is 4.79 Å². The quantitative estimate of drug-likeness (QED) is 0.537. The maximum absolute atomic E-state index is 12.7. The van der Waals surface area contributed by atoms with Crippen LogP contribution in [-0.4, -0.2) is 22.5 Å². The zero-order chi connectivity index (χ0) is 20.3. The van der Waals surface area contributed by atoms with Crippen molar-refractivity contribution in [1.82, 2.24) is 4.57 Å². The Morgan fingerprint density at radius 1 is 1.18 bits per heavy atom. The second-order valence-electron chi connectivity index (χ2n) is 7.54. The number of benzene rings is 2. The van der Waals surface area contributed by atoms with Crippen LogP contribution >= 0.6 is 23.1 Å². The molecular weight excluding hydrogens is 384 g/mol. The predicted octanol–water partition coefficient (Wildman–Crippen LogP) is 5.48. The van der Waals surface area contributed by atoms with Crippen molar-refractivity contribution >= 4 is 39.2 Å². The first-order chi connectivity index (χ1) is 13.4. The molecule has 0 aliphatic heterocycles. The number of thioether (sulfide) groups is 1. The van der Waals surface area contributed by atoms with Gasteiger partial charge in [-0.25, -0.2) is 0 Å². The summed E-state index contributed by atoms with van der Waals surface area (Å²) in [6.07, 6.45) is 2.45. The molecule has 0 N–H and O–H groups in total. The molecule has 3 nitrogen and oxygen atoms in total. The number of aromatic nitrogens is 1. The number of thiazole rings is 1. The van der Waals surface area contributed by atoms with Gasteiger partial charge in [0, 0.05) is 12.3 Å². The molecule has 0 bridgehead atoms. The lowest BCUT2D eigenvalue weighted by molar-refractivity contribution is -0.117. The van der Waals surface area contributed by atoms with Crippen LogP contribution in [0.3, 0.4) is 0 Å². The van der Waals surface area contributed by atoms with Gasteiger partial charge >= 0.3 is 0 Å². The minimum Gasteiger partial charge on any atom is -0.315 e.